The first-order valence-electron chi connectivity index (χ1n) is 10.4. The lowest BCUT2D eigenvalue weighted by atomic mass is 10.1. The van der Waals surface area contributed by atoms with Gasteiger partial charge in [0.1, 0.15) is 23.2 Å². The molecule has 0 aliphatic carbocycles. The summed E-state index contributed by atoms with van der Waals surface area (Å²) in [7, 11) is 0. The molecule has 0 bridgehead atoms. The normalized spacial score (nSPS) is 11.0. The fourth-order valence-corrected chi connectivity index (χ4v) is 3.76. The van der Waals surface area contributed by atoms with Gasteiger partial charge in [0, 0.05) is 13.1 Å². The number of carboxylic acid groups (broad SMARTS) is 1. The zero-order chi connectivity index (χ0) is 24.4. The van der Waals surface area contributed by atoms with Gasteiger partial charge in [0.25, 0.3) is 0 Å². The van der Waals surface area contributed by atoms with Crippen LogP contribution in [0.1, 0.15) is 41.3 Å². The first kappa shape index (κ1) is 26.4. The number of aliphatic hydroxyl groups excluding tert-OH is 1. The molecule has 2 rings (SSSR count). The Labute approximate surface area is 194 Å². The Kier molecular flexibility index (Phi) is 10.4. The lowest BCUT2D eigenvalue weighted by Gasteiger charge is -2.18. The van der Waals surface area contributed by atoms with Gasteiger partial charge in [-0.2, -0.15) is 4.37 Å². The number of unbranched alkanes of at least 4 members (excludes halogenated alkanes) is 1. The van der Waals surface area contributed by atoms with E-state index in [0.717, 1.165) is 31.6 Å². The van der Waals surface area contributed by atoms with Crippen molar-refractivity contribution in [3.05, 3.63) is 40.5 Å². The van der Waals surface area contributed by atoms with Crippen molar-refractivity contribution in [1.29, 1.82) is 0 Å². The molecule has 1 aromatic carbocycles. The van der Waals surface area contributed by atoms with Crippen molar-refractivity contribution in [3.8, 4) is 5.88 Å². The van der Waals surface area contributed by atoms with Crippen LogP contribution in [0.4, 0.5) is 18.6 Å². The molecule has 1 aromatic heterocycles. The minimum absolute atomic E-state index is 0.0556. The molecular weight excluding hydrogens is 458 g/mol. The van der Waals surface area contributed by atoms with E-state index < -0.39 is 35.8 Å². The number of benzene rings is 1. The smallest absolute Gasteiger partial charge is 0.344 e. The minimum Gasteiger partial charge on any atom is -0.477 e. The number of aromatic nitrogens is 1. The van der Waals surface area contributed by atoms with E-state index in [1.54, 1.807) is 6.92 Å². The second kappa shape index (κ2) is 13.0. The number of urea groups is 1. The summed E-state index contributed by atoms with van der Waals surface area (Å²) in [5.41, 5.74) is -0.345. The van der Waals surface area contributed by atoms with E-state index in [1.165, 1.54) is 0 Å². The number of amides is 2. The number of hydrogen-bond donors (Lipinski definition) is 4. The first-order valence-corrected chi connectivity index (χ1v) is 11.2. The Bertz CT molecular complexity index is 934. The molecule has 0 aliphatic heterocycles. The summed E-state index contributed by atoms with van der Waals surface area (Å²) < 4.78 is 37.1. The Hall–Kier alpha value is -2.83. The van der Waals surface area contributed by atoms with Gasteiger partial charge < -0.3 is 25.2 Å². The van der Waals surface area contributed by atoms with Crippen molar-refractivity contribution in [3.63, 3.8) is 0 Å². The van der Waals surface area contributed by atoms with Gasteiger partial charge in [-0.3, -0.25) is 5.32 Å². The van der Waals surface area contributed by atoms with Crippen LogP contribution in [0.25, 0.3) is 0 Å². The molecule has 0 saturated carbocycles. The predicted octanol–water partition coefficient (Wildman–Crippen LogP) is 3.22. The molecule has 0 atom stereocenters. The number of aliphatic hydroxyl groups is 1. The number of aryl methyl sites for hydroxylation is 1. The van der Waals surface area contributed by atoms with Gasteiger partial charge in [0.2, 0.25) is 5.88 Å². The SMILES string of the molecule is CCN(CCO)CCCCNC(=O)Nc1snc(OCc2c(F)cc(C)cc2F)c1C(=O)O. The van der Waals surface area contributed by atoms with Crippen LogP contribution in [0.2, 0.25) is 0 Å². The first-order chi connectivity index (χ1) is 15.8. The number of anilines is 1. The molecule has 2 amide bonds. The molecule has 0 saturated heterocycles. The minimum atomic E-state index is -1.40. The number of halogens is 2. The highest BCUT2D eigenvalue weighted by Gasteiger charge is 2.24. The number of carbonyl (C=O) groups excluding carboxylic acids is 1. The molecule has 0 radical (unpaired) electrons. The van der Waals surface area contributed by atoms with Crippen molar-refractivity contribution < 1.29 is 33.3 Å². The van der Waals surface area contributed by atoms with Crippen LogP contribution in [-0.4, -0.2) is 64.3 Å². The van der Waals surface area contributed by atoms with Crippen LogP contribution in [-0.2, 0) is 6.61 Å². The molecule has 182 valence electrons. The van der Waals surface area contributed by atoms with Crippen LogP contribution in [0, 0.1) is 18.6 Å². The second-order valence-corrected chi connectivity index (χ2v) is 8.01. The number of hydrogen-bond acceptors (Lipinski definition) is 7. The van der Waals surface area contributed by atoms with Gasteiger partial charge in [-0.1, -0.05) is 6.92 Å². The standard InChI is InChI=1S/C21H28F2N4O5S/c1-3-27(8-9-28)7-5-4-6-24-21(31)25-19-17(20(29)30)18(26-33-19)32-12-14-15(22)10-13(2)11-16(14)23/h10-11,28H,3-9,12H2,1-2H3,(H,29,30)(H2,24,25,31). The van der Waals surface area contributed by atoms with E-state index in [2.05, 4.69) is 19.9 Å². The number of nitrogens with one attached hydrogen (secondary N) is 2. The molecule has 9 nitrogen and oxygen atoms in total. The highest BCUT2D eigenvalue weighted by molar-refractivity contribution is 7.11. The molecule has 33 heavy (non-hydrogen) atoms. The number of carboxylic acids is 1. The third kappa shape index (κ3) is 7.91. The van der Waals surface area contributed by atoms with Crippen molar-refractivity contribution in [2.24, 2.45) is 0 Å². The predicted molar refractivity (Wildman–Crippen MR) is 120 cm³/mol. The van der Waals surface area contributed by atoms with E-state index in [0.29, 0.717) is 36.6 Å². The number of ether oxygens (including phenoxy) is 1. The Morgan fingerprint density at radius 3 is 2.52 bits per heavy atom. The van der Waals surface area contributed by atoms with E-state index in [4.69, 9.17) is 9.84 Å². The molecule has 0 spiro atoms. The number of nitrogens with zero attached hydrogens (tertiary/aromatic N) is 2. The maximum Gasteiger partial charge on any atom is 0.344 e. The molecule has 4 N–H and O–H groups in total. The summed E-state index contributed by atoms with van der Waals surface area (Å²) in [5.74, 6) is -3.36. The van der Waals surface area contributed by atoms with Gasteiger partial charge in [-0.05, 0) is 62.1 Å². The topological polar surface area (TPSA) is 124 Å². The quantitative estimate of drug-likeness (QED) is 0.321. The summed E-state index contributed by atoms with van der Waals surface area (Å²) in [5, 5.41) is 23.5. The highest BCUT2D eigenvalue weighted by Crippen LogP contribution is 2.31. The molecule has 0 unspecified atom stereocenters. The Morgan fingerprint density at radius 1 is 1.21 bits per heavy atom. The molecule has 1 heterocycles. The van der Waals surface area contributed by atoms with Gasteiger partial charge in [0.05, 0.1) is 12.2 Å². The van der Waals surface area contributed by atoms with Crippen LogP contribution in [0.5, 0.6) is 5.88 Å². The van der Waals surface area contributed by atoms with E-state index >= 15 is 0 Å². The monoisotopic (exact) mass is 486 g/mol. The van der Waals surface area contributed by atoms with Gasteiger partial charge >= 0.3 is 12.0 Å². The zero-order valence-corrected chi connectivity index (χ0v) is 19.3. The molecule has 0 aliphatic rings. The van der Waals surface area contributed by atoms with E-state index in [-0.39, 0.29) is 23.1 Å². The Morgan fingerprint density at radius 2 is 1.91 bits per heavy atom. The van der Waals surface area contributed by atoms with Crippen LogP contribution >= 0.6 is 11.5 Å². The van der Waals surface area contributed by atoms with Gasteiger partial charge in [-0.25, -0.2) is 18.4 Å². The van der Waals surface area contributed by atoms with Crippen molar-refractivity contribution >= 4 is 28.5 Å². The van der Waals surface area contributed by atoms with Crippen LogP contribution in [0.15, 0.2) is 12.1 Å². The van der Waals surface area contributed by atoms with Crippen molar-refractivity contribution in [2.45, 2.75) is 33.3 Å². The fraction of sp³-hybridized carbons (Fsp3) is 0.476. The number of likely N-dealkylation sites (N-methyl/N-ethyl adjacent to an activating group) is 1. The van der Waals surface area contributed by atoms with E-state index in [1.807, 2.05) is 6.92 Å². The summed E-state index contributed by atoms with van der Waals surface area (Å²) >= 11 is 0.689. The molecule has 0 fully saturated rings. The molecule has 2 aromatic rings. The average Bonchev–Trinajstić information content (AvgIpc) is 3.14. The summed E-state index contributed by atoms with van der Waals surface area (Å²) in [6.45, 7) is 5.67. The zero-order valence-electron chi connectivity index (χ0n) is 18.5. The lowest BCUT2D eigenvalue weighted by molar-refractivity contribution is 0.0693. The number of rotatable bonds is 13. The fourth-order valence-electron chi connectivity index (χ4n) is 3.04. The summed E-state index contributed by atoms with van der Waals surface area (Å²) in [4.78, 5) is 25.9. The molecule has 12 heteroatoms. The maximum absolute atomic E-state index is 14.0. The average molecular weight is 487 g/mol. The van der Waals surface area contributed by atoms with Crippen molar-refractivity contribution in [2.75, 3.05) is 38.1 Å². The van der Waals surface area contributed by atoms with Crippen LogP contribution in [0.3, 0.4) is 0 Å². The summed E-state index contributed by atoms with van der Waals surface area (Å²) in [6.07, 6.45) is 1.52. The van der Waals surface area contributed by atoms with Crippen molar-refractivity contribution in [1.82, 2.24) is 14.6 Å². The molecular formula is C21H28F2N4O5S. The number of aromatic carboxylic acids is 1. The second-order valence-electron chi connectivity index (χ2n) is 7.24. The Balaban J connectivity index is 1.91. The van der Waals surface area contributed by atoms with Gasteiger partial charge in [-0.15, -0.1) is 0 Å². The maximum atomic E-state index is 14.0. The van der Waals surface area contributed by atoms with E-state index in [9.17, 15) is 23.5 Å². The van der Waals surface area contributed by atoms with Crippen LogP contribution < -0.4 is 15.4 Å². The van der Waals surface area contributed by atoms with Gasteiger partial charge in [0.15, 0.2) is 5.56 Å². The summed E-state index contributed by atoms with van der Waals surface area (Å²) in [6, 6.07) is 1.68. The lowest BCUT2D eigenvalue weighted by Crippen LogP contribution is -2.31. The number of carbonyl (C=O) groups is 2. The largest absolute Gasteiger partial charge is 0.477 e. The highest BCUT2D eigenvalue weighted by atomic mass is 32.1. The third-order valence-corrected chi connectivity index (χ3v) is 5.54. The third-order valence-electron chi connectivity index (χ3n) is 4.79.